The minimum Gasteiger partial charge on any atom is -1.00 e. The molecule has 0 N–H and O–H groups in total. The van der Waals surface area contributed by atoms with Crippen LogP contribution in [0, 0.1) is 0 Å². The SMILES string of the molecule is CC[P+](CC)(Cc1ccccc1)c1ccccc1.[Cl-]. The summed E-state index contributed by atoms with van der Waals surface area (Å²) < 4.78 is 0. The highest BCUT2D eigenvalue weighted by Gasteiger charge is 2.36. The summed E-state index contributed by atoms with van der Waals surface area (Å²) in [4.78, 5) is 0. The Kier molecular flexibility index (Phi) is 6.55. The summed E-state index contributed by atoms with van der Waals surface area (Å²) >= 11 is 0. The molecular formula is C17H22ClP. The number of hydrogen-bond acceptors (Lipinski definition) is 0. The Labute approximate surface area is 124 Å². The lowest BCUT2D eigenvalue weighted by Crippen LogP contribution is -3.00. The van der Waals surface area contributed by atoms with Gasteiger partial charge in [0.25, 0.3) is 0 Å². The molecule has 2 aromatic carbocycles. The van der Waals surface area contributed by atoms with Gasteiger partial charge in [0.1, 0.15) is 0 Å². The van der Waals surface area contributed by atoms with Gasteiger partial charge in [0.2, 0.25) is 0 Å². The lowest BCUT2D eigenvalue weighted by molar-refractivity contribution is -0.00000378. The van der Waals surface area contributed by atoms with E-state index in [0.29, 0.717) is 0 Å². The summed E-state index contributed by atoms with van der Waals surface area (Å²) in [6.07, 6.45) is 3.83. The first kappa shape index (κ1) is 16.2. The highest BCUT2D eigenvalue weighted by atomic mass is 35.5. The lowest BCUT2D eigenvalue weighted by atomic mass is 10.2. The van der Waals surface area contributed by atoms with Gasteiger partial charge in [-0.3, -0.25) is 0 Å². The molecule has 2 heteroatoms. The zero-order valence-electron chi connectivity index (χ0n) is 11.7. The van der Waals surface area contributed by atoms with E-state index in [-0.39, 0.29) is 12.4 Å². The van der Waals surface area contributed by atoms with Gasteiger partial charge in [-0.25, -0.2) is 0 Å². The predicted molar refractivity (Wildman–Crippen MR) is 84.2 cm³/mol. The van der Waals surface area contributed by atoms with E-state index in [9.17, 15) is 0 Å². The topological polar surface area (TPSA) is 0 Å². The molecule has 0 atom stereocenters. The molecule has 2 rings (SSSR count). The predicted octanol–water partition coefficient (Wildman–Crippen LogP) is 1.57. The normalized spacial score (nSPS) is 10.8. The van der Waals surface area contributed by atoms with Crippen molar-refractivity contribution in [1.29, 1.82) is 0 Å². The Hall–Kier alpha value is -0.840. The lowest BCUT2D eigenvalue weighted by Gasteiger charge is -2.25. The summed E-state index contributed by atoms with van der Waals surface area (Å²) in [5, 5.41) is 1.58. The summed E-state index contributed by atoms with van der Waals surface area (Å²) in [5.41, 5.74) is 1.48. The molecule has 2 aromatic rings. The average molecular weight is 293 g/mol. The molecule has 0 bridgehead atoms. The van der Waals surface area contributed by atoms with Crippen LogP contribution >= 0.6 is 7.26 Å². The van der Waals surface area contributed by atoms with Crippen LogP contribution in [0.5, 0.6) is 0 Å². The van der Waals surface area contributed by atoms with Crippen LogP contribution in [-0.2, 0) is 6.16 Å². The van der Waals surface area contributed by atoms with Crippen molar-refractivity contribution in [3.05, 3.63) is 66.2 Å². The quantitative estimate of drug-likeness (QED) is 0.734. The first-order chi connectivity index (χ1) is 8.80. The Bertz CT molecular complexity index is 463. The van der Waals surface area contributed by atoms with Gasteiger partial charge in [0.15, 0.2) is 0 Å². The van der Waals surface area contributed by atoms with Crippen molar-refractivity contribution in [2.75, 3.05) is 12.3 Å². The summed E-state index contributed by atoms with van der Waals surface area (Å²) in [6.45, 7) is 4.71. The van der Waals surface area contributed by atoms with Gasteiger partial charge in [-0.1, -0.05) is 48.5 Å². The largest absolute Gasteiger partial charge is 1.00 e. The first-order valence-electron chi connectivity index (χ1n) is 6.76. The molecule has 0 amide bonds. The molecule has 19 heavy (non-hydrogen) atoms. The molecule has 0 aliphatic rings. The fourth-order valence-corrected chi connectivity index (χ4v) is 6.10. The van der Waals surface area contributed by atoms with Gasteiger partial charge in [0.05, 0.1) is 31.1 Å². The Morgan fingerprint density at radius 2 is 1.21 bits per heavy atom. The first-order valence-corrected chi connectivity index (χ1v) is 9.11. The smallest absolute Gasteiger partial charge is 0.0942 e. The van der Waals surface area contributed by atoms with Crippen LogP contribution in [0.3, 0.4) is 0 Å². The summed E-state index contributed by atoms with van der Waals surface area (Å²) in [6, 6.07) is 22.1. The second kappa shape index (κ2) is 7.68. The van der Waals surface area contributed by atoms with E-state index in [1.54, 1.807) is 5.30 Å². The van der Waals surface area contributed by atoms with Crippen LogP contribution < -0.4 is 17.7 Å². The highest BCUT2D eigenvalue weighted by molar-refractivity contribution is 7.82. The zero-order valence-corrected chi connectivity index (χ0v) is 13.4. The molecule has 0 aromatic heterocycles. The molecule has 0 fully saturated rings. The molecule has 0 spiro atoms. The average Bonchev–Trinajstić information content (AvgIpc) is 2.47. The Morgan fingerprint density at radius 3 is 1.68 bits per heavy atom. The minimum atomic E-state index is -1.03. The molecule has 0 saturated carbocycles. The third kappa shape index (κ3) is 3.81. The van der Waals surface area contributed by atoms with Crippen molar-refractivity contribution in [2.45, 2.75) is 20.0 Å². The molecule has 0 radical (unpaired) electrons. The minimum absolute atomic E-state index is 0. The van der Waals surface area contributed by atoms with Crippen LogP contribution in [0.15, 0.2) is 60.7 Å². The number of hydrogen-bond donors (Lipinski definition) is 0. The molecule has 0 saturated heterocycles. The Balaban J connectivity index is 0.00000180. The van der Waals surface area contributed by atoms with Gasteiger partial charge in [-0.05, 0) is 31.5 Å². The second-order valence-corrected chi connectivity index (χ2v) is 9.14. The fourth-order valence-electron chi connectivity index (χ4n) is 2.58. The maximum atomic E-state index is 2.35. The van der Waals surface area contributed by atoms with Crippen LogP contribution in [0.25, 0.3) is 0 Å². The van der Waals surface area contributed by atoms with Gasteiger partial charge in [0, 0.05) is 0 Å². The highest BCUT2D eigenvalue weighted by Crippen LogP contribution is 2.59. The van der Waals surface area contributed by atoms with Gasteiger partial charge >= 0.3 is 0 Å². The number of benzene rings is 2. The zero-order chi connectivity index (χ0) is 12.8. The van der Waals surface area contributed by atoms with Crippen molar-refractivity contribution >= 4 is 12.6 Å². The standard InChI is InChI=1S/C17H22P.ClH/c1-3-18(4-2,17-13-9-6-10-14-17)15-16-11-7-5-8-12-16;/h5-14H,3-4,15H2,1-2H3;1H/q+1;/p-1. The molecule has 102 valence electrons. The molecule has 0 nitrogen and oxygen atoms in total. The van der Waals surface area contributed by atoms with E-state index >= 15 is 0 Å². The third-order valence-electron chi connectivity index (χ3n) is 3.84. The van der Waals surface area contributed by atoms with Crippen molar-refractivity contribution in [2.24, 2.45) is 0 Å². The monoisotopic (exact) mass is 292 g/mol. The van der Waals surface area contributed by atoms with Gasteiger partial charge in [-0.15, -0.1) is 0 Å². The van der Waals surface area contributed by atoms with Crippen molar-refractivity contribution in [1.82, 2.24) is 0 Å². The van der Waals surface area contributed by atoms with Gasteiger partial charge in [-0.2, -0.15) is 0 Å². The summed E-state index contributed by atoms with van der Waals surface area (Å²) in [7, 11) is -1.03. The fraction of sp³-hybridized carbons (Fsp3) is 0.294. The van der Waals surface area contributed by atoms with Crippen molar-refractivity contribution in [3.8, 4) is 0 Å². The van der Waals surface area contributed by atoms with Gasteiger partial charge < -0.3 is 12.4 Å². The maximum Gasteiger partial charge on any atom is 0.0942 e. The molecule has 0 heterocycles. The Morgan fingerprint density at radius 1 is 0.737 bits per heavy atom. The summed E-state index contributed by atoms with van der Waals surface area (Å²) in [5.74, 6) is 0. The van der Waals surface area contributed by atoms with Crippen LogP contribution in [0.1, 0.15) is 19.4 Å². The van der Waals surface area contributed by atoms with E-state index in [1.807, 2.05) is 0 Å². The van der Waals surface area contributed by atoms with E-state index < -0.39 is 7.26 Å². The molecule has 0 aliphatic heterocycles. The molecule has 0 aliphatic carbocycles. The second-order valence-electron chi connectivity index (χ2n) is 4.76. The van der Waals surface area contributed by atoms with Crippen molar-refractivity contribution in [3.63, 3.8) is 0 Å². The third-order valence-corrected chi connectivity index (χ3v) is 8.63. The molecule has 0 unspecified atom stereocenters. The van der Waals surface area contributed by atoms with Crippen LogP contribution in [-0.4, -0.2) is 12.3 Å². The number of rotatable bonds is 5. The van der Waals surface area contributed by atoms with E-state index in [1.165, 1.54) is 24.0 Å². The van der Waals surface area contributed by atoms with Crippen molar-refractivity contribution < 1.29 is 12.4 Å². The van der Waals surface area contributed by atoms with Crippen LogP contribution in [0.2, 0.25) is 0 Å². The van der Waals surface area contributed by atoms with E-state index in [0.717, 1.165) is 0 Å². The number of halogens is 1. The van der Waals surface area contributed by atoms with E-state index in [4.69, 9.17) is 0 Å². The van der Waals surface area contributed by atoms with E-state index in [2.05, 4.69) is 74.5 Å². The maximum absolute atomic E-state index is 2.35. The molecular weight excluding hydrogens is 271 g/mol. The van der Waals surface area contributed by atoms with Crippen LogP contribution in [0.4, 0.5) is 0 Å².